The van der Waals surface area contributed by atoms with E-state index in [4.69, 9.17) is 4.74 Å². The lowest BCUT2D eigenvalue weighted by Crippen LogP contribution is -2.43. The molecule has 0 unspecified atom stereocenters. The largest absolute Gasteiger partial charge is 0.459 e. The minimum atomic E-state index is -0.460. The van der Waals surface area contributed by atoms with Crippen molar-refractivity contribution in [2.24, 2.45) is 4.99 Å². The molecule has 0 saturated heterocycles. The summed E-state index contributed by atoms with van der Waals surface area (Å²) in [6, 6.07) is 0. The Morgan fingerprint density at radius 2 is 2.05 bits per heavy atom. The third-order valence-corrected chi connectivity index (χ3v) is 2.29. The fourth-order valence-electron chi connectivity index (χ4n) is 1.49. The van der Waals surface area contributed by atoms with E-state index < -0.39 is 5.60 Å². The number of guanidine groups is 1. The number of ether oxygens (including phenoxy) is 1. The average molecular weight is 397 g/mol. The minimum Gasteiger partial charge on any atom is -0.459 e. The number of nitrogens with one attached hydrogen (secondary N) is 1. The zero-order valence-corrected chi connectivity index (χ0v) is 15.6. The highest BCUT2D eigenvalue weighted by Gasteiger charge is 2.16. The number of rotatable bonds is 6. The molecule has 0 aliphatic rings. The first kappa shape index (κ1) is 21.5. The molecule has 0 heterocycles. The van der Waals surface area contributed by atoms with Crippen LogP contribution in [0.15, 0.2) is 17.6 Å². The van der Waals surface area contributed by atoms with Gasteiger partial charge in [-0.1, -0.05) is 6.08 Å². The Morgan fingerprint density at radius 3 is 2.50 bits per heavy atom. The molecule has 1 N–H and O–H groups in total. The maximum Gasteiger partial charge on any atom is 0.325 e. The van der Waals surface area contributed by atoms with Crippen LogP contribution in [-0.4, -0.2) is 49.6 Å². The molecule has 0 aromatic carbocycles. The quantitative estimate of drug-likeness (QED) is 0.187. The molecule has 0 spiro atoms. The van der Waals surface area contributed by atoms with E-state index in [9.17, 15) is 4.79 Å². The third-order valence-electron chi connectivity index (χ3n) is 2.29. The SMILES string of the molecule is C=CCCCN(C)C(=NC)NCC(=O)OC(C)(C)C.I. The van der Waals surface area contributed by atoms with E-state index >= 15 is 0 Å². The normalized spacial score (nSPS) is 11.3. The first-order valence-corrected chi connectivity index (χ1v) is 6.54. The number of unbranched alkanes of at least 4 members (excludes halogenated alkanes) is 1. The van der Waals surface area contributed by atoms with Crippen molar-refractivity contribution in [1.82, 2.24) is 10.2 Å². The number of hydrogen-bond donors (Lipinski definition) is 1. The van der Waals surface area contributed by atoms with E-state index in [2.05, 4.69) is 16.9 Å². The van der Waals surface area contributed by atoms with Gasteiger partial charge in [0.25, 0.3) is 0 Å². The van der Waals surface area contributed by atoms with Crippen LogP contribution in [0.4, 0.5) is 0 Å². The molecular weight excluding hydrogens is 369 g/mol. The summed E-state index contributed by atoms with van der Waals surface area (Å²) in [5, 5.41) is 2.99. The summed E-state index contributed by atoms with van der Waals surface area (Å²) < 4.78 is 5.22. The topological polar surface area (TPSA) is 53.9 Å². The molecule has 0 aromatic rings. The van der Waals surface area contributed by atoms with Gasteiger partial charge in [0.15, 0.2) is 5.96 Å². The number of allylic oxidation sites excluding steroid dienone is 1. The van der Waals surface area contributed by atoms with Gasteiger partial charge in [-0.3, -0.25) is 9.79 Å². The van der Waals surface area contributed by atoms with Crippen molar-refractivity contribution in [3.63, 3.8) is 0 Å². The van der Waals surface area contributed by atoms with Gasteiger partial charge in [0.1, 0.15) is 12.1 Å². The molecule has 0 rings (SSSR count). The van der Waals surface area contributed by atoms with Gasteiger partial charge in [0.2, 0.25) is 0 Å². The summed E-state index contributed by atoms with van der Waals surface area (Å²) in [4.78, 5) is 17.7. The standard InChI is InChI=1S/C14H27N3O2.HI/c1-7-8-9-10-17(6)13(15-5)16-11-12(18)19-14(2,3)4;/h7H,1,8-11H2,2-6H3,(H,15,16);1H. The van der Waals surface area contributed by atoms with Crippen LogP contribution in [0.2, 0.25) is 0 Å². The van der Waals surface area contributed by atoms with Crippen LogP contribution in [0.3, 0.4) is 0 Å². The van der Waals surface area contributed by atoms with Crippen LogP contribution in [0.5, 0.6) is 0 Å². The summed E-state index contributed by atoms with van der Waals surface area (Å²) >= 11 is 0. The maximum atomic E-state index is 11.6. The second kappa shape index (κ2) is 10.9. The Kier molecular flexibility index (Phi) is 11.8. The molecular formula is C14H28IN3O2. The van der Waals surface area contributed by atoms with Crippen molar-refractivity contribution in [1.29, 1.82) is 0 Å². The molecule has 0 aromatic heterocycles. The van der Waals surface area contributed by atoms with Crippen molar-refractivity contribution < 1.29 is 9.53 Å². The Hall–Kier alpha value is -0.790. The number of nitrogens with zero attached hydrogens (tertiary/aromatic N) is 2. The van der Waals surface area contributed by atoms with Crippen LogP contribution in [0.25, 0.3) is 0 Å². The highest BCUT2D eigenvalue weighted by molar-refractivity contribution is 14.0. The smallest absolute Gasteiger partial charge is 0.325 e. The number of carbonyl (C=O) groups is 1. The number of aliphatic imine (C=N–C) groups is 1. The van der Waals surface area contributed by atoms with Crippen LogP contribution in [0, 0.1) is 0 Å². The highest BCUT2D eigenvalue weighted by atomic mass is 127. The number of esters is 1. The fraction of sp³-hybridized carbons (Fsp3) is 0.714. The predicted molar refractivity (Wildman–Crippen MR) is 94.7 cm³/mol. The summed E-state index contributed by atoms with van der Waals surface area (Å²) in [6.07, 6.45) is 3.87. The van der Waals surface area contributed by atoms with Crippen molar-refractivity contribution in [2.75, 3.05) is 27.2 Å². The average Bonchev–Trinajstić information content (AvgIpc) is 2.27. The van der Waals surface area contributed by atoms with Crippen molar-refractivity contribution in [3.05, 3.63) is 12.7 Å². The first-order valence-electron chi connectivity index (χ1n) is 6.54. The molecule has 0 amide bonds. The number of hydrogen-bond acceptors (Lipinski definition) is 3. The molecule has 0 atom stereocenters. The predicted octanol–water partition coefficient (Wildman–Crippen LogP) is 2.42. The number of carbonyl (C=O) groups excluding carboxylic acids is 1. The highest BCUT2D eigenvalue weighted by Crippen LogP contribution is 2.06. The summed E-state index contributed by atoms with van der Waals surface area (Å²) in [5.74, 6) is 0.406. The van der Waals surface area contributed by atoms with E-state index in [-0.39, 0.29) is 36.5 Å². The summed E-state index contributed by atoms with van der Waals surface area (Å²) in [7, 11) is 3.63. The van der Waals surface area contributed by atoms with Gasteiger partial charge in [-0.15, -0.1) is 30.6 Å². The Morgan fingerprint density at radius 1 is 1.45 bits per heavy atom. The van der Waals surface area contributed by atoms with Gasteiger partial charge in [0, 0.05) is 20.6 Å². The van der Waals surface area contributed by atoms with Crippen LogP contribution >= 0.6 is 24.0 Å². The molecule has 0 radical (unpaired) electrons. The van der Waals surface area contributed by atoms with Crippen LogP contribution < -0.4 is 5.32 Å². The first-order chi connectivity index (χ1) is 8.80. The zero-order chi connectivity index (χ0) is 14.9. The lowest BCUT2D eigenvalue weighted by Gasteiger charge is -2.23. The molecule has 6 heteroatoms. The molecule has 0 bridgehead atoms. The lowest BCUT2D eigenvalue weighted by atomic mass is 10.2. The van der Waals surface area contributed by atoms with Gasteiger partial charge in [-0.05, 0) is 33.6 Å². The second-order valence-electron chi connectivity index (χ2n) is 5.34. The zero-order valence-electron chi connectivity index (χ0n) is 13.2. The second-order valence-corrected chi connectivity index (χ2v) is 5.34. The third kappa shape index (κ3) is 11.1. The Labute approximate surface area is 139 Å². The number of halogens is 1. The maximum absolute atomic E-state index is 11.6. The molecule has 0 fully saturated rings. The van der Waals surface area contributed by atoms with E-state index in [0.717, 1.165) is 19.4 Å². The molecule has 0 aliphatic carbocycles. The van der Waals surface area contributed by atoms with Crippen molar-refractivity contribution in [2.45, 2.75) is 39.2 Å². The molecule has 5 nitrogen and oxygen atoms in total. The minimum absolute atomic E-state index is 0. The summed E-state index contributed by atoms with van der Waals surface area (Å²) in [5.41, 5.74) is -0.460. The molecule has 118 valence electrons. The molecule has 20 heavy (non-hydrogen) atoms. The fourth-order valence-corrected chi connectivity index (χ4v) is 1.49. The van der Waals surface area contributed by atoms with E-state index in [1.165, 1.54) is 0 Å². The molecule has 0 aliphatic heterocycles. The van der Waals surface area contributed by atoms with Crippen molar-refractivity contribution >= 4 is 35.9 Å². The van der Waals surface area contributed by atoms with E-state index in [1.54, 1.807) is 7.05 Å². The van der Waals surface area contributed by atoms with Gasteiger partial charge >= 0.3 is 5.97 Å². The van der Waals surface area contributed by atoms with E-state index in [0.29, 0.717) is 5.96 Å². The Bertz CT molecular complexity index is 325. The van der Waals surface area contributed by atoms with Crippen molar-refractivity contribution in [3.8, 4) is 0 Å². The lowest BCUT2D eigenvalue weighted by molar-refractivity contribution is -0.153. The van der Waals surface area contributed by atoms with Crippen LogP contribution in [0.1, 0.15) is 33.6 Å². The monoisotopic (exact) mass is 397 g/mol. The van der Waals surface area contributed by atoms with Crippen LogP contribution in [-0.2, 0) is 9.53 Å². The van der Waals surface area contributed by atoms with Gasteiger partial charge in [-0.2, -0.15) is 0 Å². The molecule has 0 saturated carbocycles. The summed E-state index contributed by atoms with van der Waals surface area (Å²) in [6.45, 7) is 10.2. The van der Waals surface area contributed by atoms with Gasteiger partial charge < -0.3 is 15.0 Å². The van der Waals surface area contributed by atoms with Gasteiger partial charge in [-0.25, -0.2) is 0 Å². The van der Waals surface area contributed by atoms with E-state index in [1.807, 2.05) is 38.8 Å². The Balaban J connectivity index is 0. The van der Waals surface area contributed by atoms with Gasteiger partial charge in [0.05, 0.1) is 0 Å².